The van der Waals surface area contributed by atoms with Gasteiger partial charge in [0.1, 0.15) is 5.75 Å². The number of amides is 1. The van der Waals surface area contributed by atoms with Crippen LogP contribution >= 0.6 is 0 Å². The normalized spacial score (nSPS) is 11.3. The lowest BCUT2D eigenvalue weighted by Gasteiger charge is -2.17. The van der Waals surface area contributed by atoms with Crippen LogP contribution < -0.4 is 5.73 Å². The van der Waals surface area contributed by atoms with Crippen molar-refractivity contribution in [3.05, 3.63) is 35.9 Å². The van der Waals surface area contributed by atoms with Gasteiger partial charge in [-0.25, -0.2) is 8.42 Å². The number of carbonyl (C=O) groups is 1. The van der Waals surface area contributed by atoms with Gasteiger partial charge in [-0.2, -0.15) is 0 Å². The third-order valence-corrected chi connectivity index (χ3v) is 4.29. The second-order valence-corrected chi connectivity index (χ2v) is 6.65. The Labute approximate surface area is 114 Å². The summed E-state index contributed by atoms with van der Waals surface area (Å²) >= 11 is 0. The first-order chi connectivity index (χ1) is 8.94. The maximum Gasteiger partial charge on any atom is 0.237 e. The molecule has 6 heteroatoms. The largest absolute Gasteiger partial charge is 0.341 e. The summed E-state index contributed by atoms with van der Waals surface area (Å²) in [5.41, 5.74) is 6.24. The van der Waals surface area contributed by atoms with Gasteiger partial charge in [0.15, 0.2) is 9.84 Å². The van der Waals surface area contributed by atoms with Crippen molar-refractivity contribution in [2.45, 2.75) is 13.0 Å². The van der Waals surface area contributed by atoms with E-state index in [0.717, 1.165) is 5.56 Å². The molecule has 0 heterocycles. The monoisotopic (exact) mass is 284 g/mol. The summed E-state index contributed by atoms with van der Waals surface area (Å²) in [5, 5.41) is 0. The average molecular weight is 284 g/mol. The molecule has 106 valence electrons. The second-order valence-electron chi connectivity index (χ2n) is 4.47. The molecule has 0 saturated carbocycles. The fraction of sp³-hybridized carbons (Fsp3) is 0.462. The van der Waals surface area contributed by atoms with Crippen LogP contribution in [-0.2, 0) is 21.2 Å². The van der Waals surface area contributed by atoms with Crippen molar-refractivity contribution in [3.63, 3.8) is 0 Å². The molecule has 5 nitrogen and oxygen atoms in total. The van der Waals surface area contributed by atoms with Gasteiger partial charge in [0, 0.05) is 13.6 Å². The molecule has 0 fully saturated rings. The highest BCUT2D eigenvalue weighted by atomic mass is 32.2. The second kappa shape index (κ2) is 7.25. The van der Waals surface area contributed by atoms with Gasteiger partial charge in [0.25, 0.3) is 0 Å². The van der Waals surface area contributed by atoms with Gasteiger partial charge in [0.05, 0.1) is 5.75 Å². The molecule has 0 spiro atoms. The summed E-state index contributed by atoms with van der Waals surface area (Å²) in [5.74, 6) is -0.869. The molecule has 19 heavy (non-hydrogen) atoms. The molecule has 1 aromatic rings. The number of hydrogen-bond acceptors (Lipinski definition) is 4. The minimum absolute atomic E-state index is 0.0333. The number of carbonyl (C=O) groups excluding carboxylic acids is 1. The number of sulfone groups is 1. The van der Waals surface area contributed by atoms with E-state index >= 15 is 0 Å². The summed E-state index contributed by atoms with van der Waals surface area (Å²) in [6, 6.07) is 9.44. The van der Waals surface area contributed by atoms with E-state index in [4.69, 9.17) is 5.73 Å². The quantitative estimate of drug-likeness (QED) is 0.786. The Morgan fingerprint density at radius 1 is 1.26 bits per heavy atom. The number of benzene rings is 1. The van der Waals surface area contributed by atoms with E-state index in [0.29, 0.717) is 19.5 Å². The Kier molecular flexibility index (Phi) is 5.98. The van der Waals surface area contributed by atoms with Crippen molar-refractivity contribution in [1.29, 1.82) is 0 Å². The van der Waals surface area contributed by atoms with Gasteiger partial charge < -0.3 is 10.6 Å². The first-order valence-corrected chi connectivity index (χ1v) is 7.95. The van der Waals surface area contributed by atoms with Crippen LogP contribution in [0.2, 0.25) is 0 Å². The number of nitrogens with zero attached hydrogens (tertiary/aromatic N) is 1. The summed E-state index contributed by atoms with van der Waals surface area (Å²) in [7, 11) is -1.75. The maximum absolute atomic E-state index is 11.8. The standard InChI is InChI=1S/C13H20N2O3S/c1-15(10-12-6-3-2-4-7-12)13(16)11-19(17,18)9-5-8-14/h2-4,6-7H,5,8-11,14H2,1H3. The molecule has 0 aliphatic heterocycles. The fourth-order valence-electron chi connectivity index (χ4n) is 1.62. The molecule has 0 radical (unpaired) electrons. The highest BCUT2D eigenvalue weighted by molar-refractivity contribution is 7.92. The Morgan fingerprint density at radius 2 is 1.89 bits per heavy atom. The Bertz CT molecular complexity index is 500. The summed E-state index contributed by atoms with van der Waals surface area (Å²) in [4.78, 5) is 13.3. The van der Waals surface area contributed by atoms with Crippen LogP contribution in [0, 0.1) is 0 Å². The van der Waals surface area contributed by atoms with E-state index < -0.39 is 15.6 Å². The Balaban J connectivity index is 2.54. The van der Waals surface area contributed by atoms with Crippen LogP contribution in [-0.4, -0.2) is 44.3 Å². The van der Waals surface area contributed by atoms with Gasteiger partial charge in [-0.15, -0.1) is 0 Å². The van der Waals surface area contributed by atoms with Crippen LogP contribution in [0.25, 0.3) is 0 Å². The molecule has 0 atom stereocenters. The maximum atomic E-state index is 11.8. The average Bonchev–Trinajstić information content (AvgIpc) is 2.37. The van der Waals surface area contributed by atoms with Gasteiger partial charge in [-0.1, -0.05) is 30.3 Å². The minimum atomic E-state index is -3.35. The van der Waals surface area contributed by atoms with E-state index in [1.165, 1.54) is 4.90 Å². The van der Waals surface area contributed by atoms with Crippen LogP contribution in [0.1, 0.15) is 12.0 Å². The van der Waals surface area contributed by atoms with E-state index in [-0.39, 0.29) is 11.7 Å². The van der Waals surface area contributed by atoms with Crippen LogP contribution in [0.4, 0.5) is 0 Å². The zero-order chi connectivity index (χ0) is 14.3. The van der Waals surface area contributed by atoms with Crippen molar-refractivity contribution in [2.75, 3.05) is 25.1 Å². The molecule has 0 aliphatic carbocycles. The van der Waals surface area contributed by atoms with Crippen molar-refractivity contribution >= 4 is 15.7 Å². The van der Waals surface area contributed by atoms with Gasteiger partial charge in [-0.3, -0.25) is 4.79 Å². The molecule has 2 N–H and O–H groups in total. The molecule has 1 amide bonds. The van der Waals surface area contributed by atoms with E-state index in [1.54, 1.807) is 7.05 Å². The molecule has 0 aliphatic rings. The van der Waals surface area contributed by atoms with Crippen LogP contribution in [0.15, 0.2) is 30.3 Å². The third kappa shape index (κ3) is 5.85. The first-order valence-electron chi connectivity index (χ1n) is 6.13. The summed E-state index contributed by atoms with van der Waals surface area (Å²) in [6.45, 7) is 0.722. The van der Waals surface area contributed by atoms with Crippen molar-refractivity contribution in [2.24, 2.45) is 5.73 Å². The fourth-order valence-corrected chi connectivity index (χ4v) is 2.97. The molecular formula is C13H20N2O3S. The molecule has 0 unspecified atom stereocenters. The summed E-state index contributed by atoms with van der Waals surface area (Å²) < 4.78 is 23.3. The smallest absolute Gasteiger partial charge is 0.237 e. The zero-order valence-electron chi connectivity index (χ0n) is 11.1. The predicted octanol–water partition coefficient (Wildman–Crippen LogP) is 0.409. The van der Waals surface area contributed by atoms with Crippen molar-refractivity contribution < 1.29 is 13.2 Å². The van der Waals surface area contributed by atoms with Gasteiger partial charge in [-0.05, 0) is 18.5 Å². The van der Waals surface area contributed by atoms with Gasteiger partial charge >= 0.3 is 0 Å². The van der Waals surface area contributed by atoms with E-state index in [1.807, 2.05) is 30.3 Å². The van der Waals surface area contributed by atoms with E-state index in [2.05, 4.69) is 0 Å². The molecule has 0 saturated heterocycles. The topological polar surface area (TPSA) is 80.5 Å². The van der Waals surface area contributed by atoms with Crippen LogP contribution in [0.5, 0.6) is 0 Å². The molecule has 0 bridgehead atoms. The third-order valence-electron chi connectivity index (χ3n) is 2.69. The number of hydrogen-bond donors (Lipinski definition) is 1. The SMILES string of the molecule is CN(Cc1ccccc1)C(=O)CS(=O)(=O)CCCN. The number of rotatable bonds is 7. The Hall–Kier alpha value is -1.40. The van der Waals surface area contributed by atoms with Crippen molar-refractivity contribution in [3.8, 4) is 0 Å². The predicted molar refractivity (Wildman–Crippen MR) is 75.2 cm³/mol. The lowest BCUT2D eigenvalue weighted by Crippen LogP contribution is -2.33. The highest BCUT2D eigenvalue weighted by Gasteiger charge is 2.19. The highest BCUT2D eigenvalue weighted by Crippen LogP contribution is 2.04. The molecule has 1 aromatic carbocycles. The van der Waals surface area contributed by atoms with E-state index in [9.17, 15) is 13.2 Å². The number of nitrogens with two attached hydrogens (primary N) is 1. The molecule has 1 rings (SSSR count). The lowest BCUT2D eigenvalue weighted by molar-refractivity contribution is -0.127. The molecule has 0 aromatic heterocycles. The van der Waals surface area contributed by atoms with Crippen molar-refractivity contribution in [1.82, 2.24) is 4.90 Å². The molecular weight excluding hydrogens is 264 g/mol. The lowest BCUT2D eigenvalue weighted by atomic mass is 10.2. The first kappa shape index (κ1) is 15.7. The minimum Gasteiger partial charge on any atom is -0.341 e. The van der Waals surface area contributed by atoms with Gasteiger partial charge in [0.2, 0.25) is 5.91 Å². The Morgan fingerprint density at radius 3 is 2.47 bits per heavy atom. The summed E-state index contributed by atoms with van der Waals surface area (Å²) in [6.07, 6.45) is 0.387. The zero-order valence-corrected chi connectivity index (χ0v) is 11.9. The van der Waals surface area contributed by atoms with Crippen LogP contribution in [0.3, 0.4) is 0 Å².